The van der Waals surface area contributed by atoms with Gasteiger partial charge in [0.1, 0.15) is 0 Å². The van der Waals surface area contributed by atoms with E-state index in [9.17, 15) is 4.79 Å². The standard InChI is InChI=1S/C14H18N4O/c1-10(8-15-2)9-18-14(19)11-3-4-12-13(7-11)17-6-5-16-12/h3-7,10,15H,8-9H2,1-2H3,(H,18,19). The van der Waals surface area contributed by atoms with Gasteiger partial charge in [-0.1, -0.05) is 6.92 Å². The van der Waals surface area contributed by atoms with Crippen molar-refractivity contribution in [2.24, 2.45) is 5.92 Å². The Balaban J connectivity index is 2.05. The molecule has 0 aliphatic rings. The average Bonchev–Trinajstić information content (AvgIpc) is 2.44. The van der Waals surface area contributed by atoms with Gasteiger partial charge in [-0.3, -0.25) is 14.8 Å². The fraction of sp³-hybridized carbons (Fsp3) is 0.357. The van der Waals surface area contributed by atoms with Crippen LogP contribution in [-0.2, 0) is 0 Å². The van der Waals surface area contributed by atoms with Crippen molar-refractivity contribution in [3.8, 4) is 0 Å². The molecule has 0 saturated heterocycles. The second kappa shape index (κ2) is 6.24. The zero-order valence-electron chi connectivity index (χ0n) is 11.2. The van der Waals surface area contributed by atoms with Crippen LogP contribution >= 0.6 is 0 Å². The quantitative estimate of drug-likeness (QED) is 0.846. The number of aromatic nitrogens is 2. The minimum Gasteiger partial charge on any atom is -0.352 e. The van der Waals surface area contributed by atoms with E-state index < -0.39 is 0 Å². The molecule has 1 heterocycles. The van der Waals surface area contributed by atoms with E-state index in [0.717, 1.165) is 17.6 Å². The van der Waals surface area contributed by atoms with Crippen LogP contribution in [0.2, 0.25) is 0 Å². The van der Waals surface area contributed by atoms with Crippen molar-refractivity contribution in [3.05, 3.63) is 36.2 Å². The van der Waals surface area contributed by atoms with Crippen LogP contribution in [0.3, 0.4) is 0 Å². The van der Waals surface area contributed by atoms with Gasteiger partial charge in [-0.15, -0.1) is 0 Å². The number of hydrogen-bond acceptors (Lipinski definition) is 4. The Bertz CT molecular complexity index is 570. The summed E-state index contributed by atoms with van der Waals surface area (Å²) in [6, 6.07) is 5.35. The fourth-order valence-electron chi connectivity index (χ4n) is 1.89. The number of fused-ring (bicyclic) bond motifs is 1. The molecule has 0 bridgehead atoms. The van der Waals surface area contributed by atoms with E-state index in [2.05, 4.69) is 27.5 Å². The Kier molecular flexibility index (Phi) is 4.41. The van der Waals surface area contributed by atoms with Gasteiger partial charge in [-0.2, -0.15) is 0 Å². The smallest absolute Gasteiger partial charge is 0.251 e. The third-order valence-electron chi connectivity index (χ3n) is 2.90. The number of nitrogens with one attached hydrogen (secondary N) is 2. The molecule has 5 heteroatoms. The molecular weight excluding hydrogens is 240 g/mol. The first-order valence-corrected chi connectivity index (χ1v) is 6.34. The van der Waals surface area contributed by atoms with E-state index >= 15 is 0 Å². The summed E-state index contributed by atoms with van der Waals surface area (Å²) in [5, 5.41) is 6.01. The molecule has 0 fully saturated rings. The molecule has 1 atom stereocenters. The maximum atomic E-state index is 12.0. The topological polar surface area (TPSA) is 66.9 Å². The summed E-state index contributed by atoms with van der Waals surface area (Å²) in [7, 11) is 1.90. The average molecular weight is 258 g/mol. The van der Waals surface area contributed by atoms with E-state index in [1.54, 1.807) is 24.5 Å². The third-order valence-corrected chi connectivity index (χ3v) is 2.90. The van der Waals surface area contributed by atoms with Crippen LogP contribution in [-0.4, -0.2) is 36.0 Å². The summed E-state index contributed by atoms with van der Waals surface area (Å²) in [5.41, 5.74) is 2.14. The lowest BCUT2D eigenvalue weighted by atomic mass is 10.1. The third kappa shape index (κ3) is 3.48. The van der Waals surface area contributed by atoms with Crippen molar-refractivity contribution in [3.63, 3.8) is 0 Å². The molecule has 2 aromatic rings. The molecule has 2 rings (SSSR count). The molecule has 1 aromatic heterocycles. The van der Waals surface area contributed by atoms with E-state index in [4.69, 9.17) is 0 Å². The van der Waals surface area contributed by atoms with Crippen LogP contribution in [0, 0.1) is 5.92 Å². The number of carbonyl (C=O) groups is 1. The molecule has 0 spiro atoms. The highest BCUT2D eigenvalue weighted by Crippen LogP contribution is 2.10. The first-order chi connectivity index (χ1) is 9.20. The minimum atomic E-state index is -0.0736. The van der Waals surface area contributed by atoms with Crippen LogP contribution in [0.25, 0.3) is 11.0 Å². The van der Waals surface area contributed by atoms with Crippen molar-refractivity contribution in [1.29, 1.82) is 0 Å². The Hall–Kier alpha value is -2.01. The highest BCUT2D eigenvalue weighted by atomic mass is 16.1. The first kappa shape index (κ1) is 13.4. The molecule has 5 nitrogen and oxygen atoms in total. The van der Waals surface area contributed by atoms with E-state index in [1.807, 2.05) is 13.1 Å². The normalized spacial score (nSPS) is 12.3. The van der Waals surface area contributed by atoms with Crippen LogP contribution in [0.1, 0.15) is 17.3 Å². The van der Waals surface area contributed by atoms with Crippen LogP contribution < -0.4 is 10.6 Å². The van der Waals surface area contributed by atoms with E-state index in [-0.39, 0.29) is 5.91 Å². The van der Waals surface area contributed by atoms with Gasteiger partial charge in [-0.05, 0) is 37.7 Å². The Morgan fingerprint density at radius 1 is 1.21 bits per heavy atom. The van der Waals surface area contributed by atoms with Gasteiger partial charge in [-0.25, -0.2) is 0 Å². The van der Waals surface area contributed by atoms with E-state index in [0.29, 0.717) is 18.0 Å². The molecular formula is C14H18N4O. The highest BCUT2D eigenvalue weighted by molar-refractivity contribution is 5.97. The monoisotopic (exact) mass is 258 g/mol. The van der Waals surface area contributed by atoms with Crippen molar-refractivity contribution in [1.82, 2.24) is 20.6 Å². The van der Waals surface area contributed by atoms with Gasteiger partial charge in [0.25, 0.3) is 5.91 Å². The highest BCUT2D eigenvalue weighted by Gasteiger charge is 2.08. The summed E-state index contributed by atoms with van der Waals surface area (Å²) < 4.78 is 0. The molecule has 2 N–H and O–H groups in total. The van der Waals surface area contributed by atoms with Gasteiger partial charge in [0, 0.05) is 24.5 Å². The SMILES string of the molecule is CNCC(C)CNC(=O)c1ccc2nccnc2c1. The molecule has 1 aromatic carbocycles. The van der Waals surface area contributed by atoms with Crippen molar-refractivity contribution in [2.75, 3.05) is 20.1 Å². The van der Waals surface area contributed by atoms with E-state index in [1.165, 1.54) is 0 Å². The lowest BCUT2D eigenvalue weighted by Gasteiger charge is -2.12. The zero-order valence-corrected chi connectivity index (χ0v) is 11.2. The number of carbonyl (C=O) groups excluding carboxylic acids is 1. The number of nitrogens with zero attached hydrogens (tertiary/aromatic N) is 2. The Labute approximate surface area is 112 Å². The Morgan fingerprint density at radius 2 is 1.95 bits per heavy atom. The van der Waals surface area contributed by atoms with Gasteiger partial charge >= 0.3 is 0 Å². The van der Waals surface area contributed by atoms with Gasteiger partial charge in [0.2, 0.25) is 0 Å². The predicted molar refractivity (Wildman–Crippen MR) is 75.0 cm³/mol. The largest absolute Gasteiger partial charge is 0.352 e. The molecule has 0 aliphatic carbocycles. The lowest BCUT2D eigenvalue weighted by molar-refractivity contribution is 0.0948. The maximum absolute atomic E-state index is 12.0. The number of rotatable bonds is 5. The molecule has 0 aliphatic heterocycles. The van der Waals surface area contributed by atoms with Crippen LogP contribution in [0.4, 0.5) is 0 Å². The molecule has 100 valence electrons. The van der Waals surface area contributed by atoms with Crippen molar-refractivity contribution in [2.45, 2.75) is 6.92 Å². The predicted octanol–water partition coefficient (Wildman–Crippen LogP) is 1.22. The second-order valence-corrected chi connectivity index (χ2v) is 4.63. The second-order valence-electron chi connectivity index (χ2n) is 4.63. The number of amides is 1. The Morgan fingerprint density at radius 3 is 2.68 bits per heavy atom. The van der Waals surface area contributed by atoms with Gasteiger partial charge < -0.3 is 10.6 Å². The summed E-state index contributed by atoms with van der Waals surface area (Å²) in [6.07, 6.45) is 3.26. The number of benzene rings is 1. The maximum Gasteiger partial charge on any atom is 0.251 e. The summed E-state index contributed by atoms with van der Waals surface area (Å²) in [4.78, 5) is 20.4. The van der Waals surface area contributed by atoms with Gasteiger partial charge in [0.15, 0.2) is 0 Å². The zero-order chi connectivity index (χ0) is 13.7. The van der Waals surface area contributed by atoms with Crippen LogP contribution in [0.5, 0.6) is 0 Å². The first-order valence-electron chi connectivity index (χ1n) is 6.34. The summed E-state index contributed by atoms with van der Waals surface area (Å²) >= 11 is 0. The molecule has 0 saturated carbocycles. The molecule has 19 heavy (non-hydrogen) atoms. The molecule has 1 unspecified atom stereocenters. The number of hydrogen-bond donors (Lipinski definition) is 2. The van der Waals surface area contributed by atoms with Gasteiger partial charge in [0.05, 0.1) is 11.0 Å². The fourth-order valence-corrected chi connectivity index (χ4v) is 1.89. The molecule has 0 radical (unpaired) electrons. The summed E-state index contributed by atoms with van der Waals surface area (Å²) in [5.74, 6) is 0.324. The van der Waals surface area contributed by atoms with Crippen molar-refractivity contribution >= 4 is 16.9 Å². The van der Waals surface area contributed by atoms with Crippen molar-refractivity contribution < 1.29 is 4.79 Å². The van der Waals surface area contributed by atoms with Crippen LogP contribution in [0.15, 0.2) is 30.6 Å². The lowest BCUT2D eigenvalue weighted by Crippen LogP contribution is -2.32. The summed E-state index contributed by atoms with van der Waals surface area (Å²) in [6.45, 7) is 3.62. The molecule has 1 amide bonds. The minimum absolute atomic E-state index is 0.0736.